The Hall–Kier alpha value is -3.14. The lowest BCUT2D eigenvalue weighted by Crippen LogP contribution is -2.34. The van der Waals surface area contributed by atoms with E-state index in [4.69, 9.17) is 0 Å². The molecule has 0 heterocycles. The van der Waals surface area contributed by atoms with E-state index < -0.39 is 0 Å². The van der Waals surface area contributed by atoms with Crippen molar-refractivity contribution < 1.29 is 9.59 Å². The van der Waals surface area contributed by atoms with E-state index in [1.165, 1.54) is 5.56 Å². The molecule has 0 radical (unpaired) electrons. The van der Waals surface area contributed by atoms with Crippen LogP contribution in [0.2, 0.25) is 0 Å². The maximum Gasteiger partial charge on any atom is 0.268 e. The fourth-order valence-corrected chi connectivity index (χ4v) is 2.35. The summed E-state index contributed by atoms with van der Waals surface area (Å²) in [7, 11) is 0. The molecule has 26 heavy (non-hydrogen) atoms. The fraction of sp³-hybridized carbons (Fsp3) is 0.182. The number of rotatable bonds is 7. The SMILES string of the molecule is C=CCNC(=O)/C(=C/c1ccc(C(C)C)cc1)NC(=O)c1ccccc1. The van der Waals surface area contributed by atoms with E-state index in [0.717, 1.165) is 5.56 Å². The summed E-state index contributed by atoms with van der Waals surface area (Å²) in [5.41, 5.74) is 2.74. The van der Waals surface area contributed by atoms with Gasteiger partial charge in [-0.2, -0.15) is 0 Å². The molecule has 0 aliphatic rings. The second-order valence-corrected chi connectivity index (χ2v) is 6.20. The van der Waals surface area contributed by atoms with Crippen LogP contribution in [0.15, 0.2) is 72.9 Å². The maximum atomic E-state index is 12.4. The molecule has 0 bridgehead atoms. The second-order valence-electron chi connectivity index (χ2n) is 6.20. The topological polar surface area (TPSA) is 58.2 Å². The highest BCUT2D eigenvalue weighted by Crippen LogP contribution is 2.16. The van der Waals surface area contributed by atoms with E-state index in [9.17, 15) is 9.59 Å². The molecule has 0 saturated heterocycles. The van der Waals surface area contributed by atoms with Gasteiger partial charge in [0.25, 0.3) is 11.8 Å². The normalized spacial score (nSPS) is 11.1. The third kappa shape index (κ3) is 5.45. The standard InChI is InChI=1S/C22H24N2O2/c1-4-14-23-22(26)20(24-21(25)19-8-6-5-7-9-19)15-17-10-12-18(13-11-17)16(2)3/h4-13,15-16H,1,14H2,2-3H3,(H,23,26)(H,24,25)/b20-15-. The predicted octanol–water partition coefficient (Wildman–Crippen LogP) is 3.88. The Labute approximate surface area is 154 Å². The highest BCUT2D eigenvalue weighted by Gasteiger charge is 2.14. The zero-order valence-corrected chi connectivity index (χ0v) is 15.2. The van der Waals surface area contributed by atoms with Gasteiger partial charge in [-0.1, -0.05) is 62.4 Å². The number of nitrogens with one attached hydrogen (secondary N) is 2. The maximum absolute atomic E-state index is 12.4. The smallest absolute Gasteiger partial charge is 0.268 e. The second kappa shape index (κ2) is 9.37. The zero-order valence-electron chi connectivity index (χ0n) is 15.2. The minimum Gasteiger partial charge on any atom is -0.347 e. The molecule has 0 fully saturated rings. The summed E-state index contributed by atoms with van der Waals surface area (Å²) in [5.74, 6) is -0.257. The van der Waals surface area contributed by atoms with Gasteiger partial charge in [0.2, 0.25) is 0 Å². The van der Waals surface area contributed by atoms with Crippen molar-refractivity contribution in [2.75, 3.05) is 6.54 Å². The third-order valence-corrected chi connectivity index (χ3v) is 3.85. The number of hydrogen-bond donors (Lipinski definition) is 2. The molecule has 2 N–H and O–H groups in total. The number of carbonyl (C=O) groups is 2. The van der Waals surface area contributed by atoms with E-state index >= 15 is 0 Å². The molecule has 0 aliphatic carbocycles. The lowest BCUT2D eigenvalue weighted by molar-refractivity contribution is -0.117. The van der Waals surface area contributed by atoms with E-state index in [1.54, 1.807) is 36.4 Å². The Morgan fingerprint density at radius 1 is 1.04 bits per heavy atom. The summed E-state index contributed by atoms with van der Waals surface area (Å²) in [6.45, 7) is 8.16. The van der Waals surface area contributed by atoms with Crippen molar-refractivity contribution in [3.05, 3.63) is 89.6 Å². The van der Waals surface area contributed by atoms with E-state index in [-0.39, 0.29) is 17.5 Å². The molecule has 2 aromatic rings. The lowest BCUT2D eigenvalue weighted by Gasteiger charge is -2.11. The third-order valence-electron chi connectivity index (χ3n) is 3.85. The van der Waals surface area contributed by atoms with Gasteiger partial charge < -0.3 is 10.6 Å². The molecule has 0 atom stereocenters. The Bertz CT molecular complexity index is 791. The minimum atomic E-state index is -0.359. The Morgan fingerprint density at radius 2 is 1.69 bits per heavy atom. The summed E-state index contributed by atoms with van der Waals surface area (Å²) in [4.78, 5) is 24.8. The van der Waals surface area contributed by atoms with Gasteiger partial charge in [0.1, 0.15) is 5.70 Å². The van der Waals surface area contributed by atoms with Crippen molar-refractivity contribution >= 4 is 17.9 Å². The molecule has 0 saturated carbocycles. The van der Waals surface area contributed by atoms with Crippen molar-refractivity contribution in [2.24, 2.45) is 0 Å². The predicted molar refractivity (Wildman–Crippen MR) is 106 cm³/mol. The summed E-state index contributed by atoms with van der Waals surface area (Å²) < 4.78 is 0. The van der Waals surface area contributed by atoms with Crippen LogP contribution in [0.4, 0.5) is 0 Å². The van der Waals surface area contributed by atoms with Crippen LogP contribution in [0.3, 0.4) is 0 Å². The number of amides is 2. The van der Waals surface area contributed by atoms with Crippen LogP contribution in [0, 0.1) is 0 Å². The first-order valence-electron chi connectivity index (χ1n) is 8.58. The zero-order chi connectivity index (χ0) is 18.9. The van der Waals surface area contributed by atoms with Crippen molar-refractivity contribution in [1.29, 1.82) is 0 Å². The van der Waals surface area contributed by atoms with Crippen LogP contribution in [-0.4, -0.2) is 18.4 Å². The summed E-state index contributed by atoms with van der Waals surface area (Å²) in [6.07, 6.45) is 3.26. The molecule has 0 spiro atoms. The van der Waals surface area contributed by atoms with E-state index in [1.807, 2.05) is 30.3 Å². The van der Waals surface area contributed by atoms with E-state index in [0.29, 0.717) is 18.0 Å². The van der Waals surface area contributed by atoms with Gasteiger partial charge in [0.15, 0.2) is 0 Å². The van der Waals surface area contributed by atoms with Crippen LogP contribution in [0.1, 0.15) is 41.3 Å². The fourth-order valence-electron chi connectivity index (χ4n) is 2.35. The van der Waals surface area contributed by atoms with Crippen molar-refractivity contribution in [3.63, 3.8) is 0 Å². The summed E-state index contributed by atoms with van der Waals surface area (Å²) in [5, 5.41) is 5.40. The van der Waals surface area contributed by atoms with Gasteiger partial charge >= 0.3 is 0 Å². The molecular weight excluding hydrogens is 324 g/mol. The van der Waals surface area contributed by atoms with Gasteiger partial charge in [-0.25, -0.2) is 0 Å². The Balaban J connectivity index is 2.26. The number of benzene rings is 2. The van der Waals surface area contributed by atoms with Gasteiger partial charge in [-0.3, -0.25) is 9.59 Å². The molecule has 0 unspecified atom stereocenters. The van der Waals surface area contributed by atoms with Crippen LogP contribution in [0.25, 0.3) is 6.08 Å². The average molecular weight is 348 g/mol. The molecule has 0 aliphatic heterocycles. The first-order chi connectivity index (χ1) is 12.5. The molecule has 2 amide bonds. The lowest BCUT2D eigenvalue weighted by atomic mass is 10.0. The Morgan fingerprint density at radius 3 is 2.27 bits per heavy atom. The highest BCUT2D eigenvalue weighted by molar-refractivity contribution is 6.05. The Kier molecular flexibility index (Phi) is 6.92. The van der Waals surface area contributed by atoms with Crippen LogP contribution < -0.4 is 10.6 Å². The largest absolute Gasteiger partial charge is 0.347 e. The molecular formula is C22H24N2O2. The molecule has 0 aromatic heterocycles. The quantitative estimate of drug-likeness (QED) is 0.589. The first-order valence-corrected chi connectivity index (χ1v) is 8.58. The molecule has 2 rings (SSSR count). The van der Waals surface area contributed by atoms with Gasteiger partial charge in [0.05, 0.1) is 0 Å². The van der Waals surface area contributed by atoms with Crippen molar-refractivity contribution in [2.45, 2.75) is 19.8 Å². The minimum absolute atomic E-state index is 0.193. The van der Waals surface area contributed by atoms with Crippen LogP contribution in [-0.2, 0) is 4.79 Å². The number of hydrogen-bond acceptors (Lipinski definition) is 2. The van der Waals surface area contributed by atoms with Gasteiger partial charge in [-0.05, 0) is 35.3 Å². The van der Waals surface area contributed by atoms with Crippen molar-refractivity contribution in [1.82, 2.24) is 10.6 Å². The molecule has 4 nitrogen and oxygen atoms in total. The first kappa shape index (κ1) is 19.2. The van der Waals surface area contributed by atoms with Crippen LogP contribution >= 0.6 is 0 Å². The van der Waals surface area contributed by atoms with Gasteiger partial charge in [-0.15, -0.1) is 6.58 Å². The summed E-state index contributed by atoms with van der Waals surface area (Å²) in [6, 6.07) is 16.7. The van der Waals surface area contributed by atoms with Crippen molar-refractivity contribution in [3.8, 4) is 0 Å². The molecule has 2 aromatic carbocycles. The number of carbonyl (C=O) groups excluding carboxylic acids is 2. The molecule has 4 heteroatoms. The molecule has 134 valence electrons. The summed E-state index contributed by atoms with van der Waals surface area (Å²) >= 11 is 0. The average Bonchev–Trinajstić information content (AvgIpc) is 2.66. The van der Waals surface area contributed by atoms with E-state index in [2.05, 4.69) is 31.1 Å². The van der Waals surface area contributed by atoms with Gasteiger partial charge in [0, 0.05) is 12.1 Å². The highest BCUT2D eigenvalue weighted by atomic mass is 16.2. The monoisotopic (exact) mass is 348 g/mol. The van der Waals surface area contributed by atoms with Crippen LogP contribution in [0.5, 0.6) is 0 Å².